The van der Waals surface area contributed by atoms with Gasteiger partial charge in [0.15, 0.2) is 6.10 Å². The molecule has 6 nitrogen and oxygen atoms in total. The summed E-state index contributed by atoms with van der Waals surface area (Å²) in [6.07, 6.45) is -0.614. The molecule has 0 radical (unpaired) electrons. The van der Waals surface area contributed by atoms with Crippen LogP contribution in [0.25, 0.3) is 0 Å². The van der Waals surface area contributed by atoms with Crippen molar-refractivity contribution < 1.29 is 14.3 Å². The SMILES string of the molecule is CCN(NC(=O)CN1C(=O)C(C)Oc2ccccc21)c1ccc(C)cc1. The molecule has 1 unspecified atom stereocenters. The van der Waals surface area contributed by atoms with Crippen molar-refractivity contribution >= 4 is 23.2 Å². The molecule has 1 aliphatic rings. The molecule has 1 atom stereocenters. The minimum absolute atomic E-state index is 0.0636. The average molecular weight is 353 g/mol. The highest BCUT2D eigenvalue weighted by Crippen LogP contribution is 2.33. The van der Waals surface area contributed by atoms with Gasteiger partial charge in [0.05, 0.1) is 11.4 Å². The lowest BCUT2D eigenvalue weighted by Crippen LogP contribution is -2.52. The minimum Gasteiger partial charge on any atom is -0.479 e. The molecule has 0 saturated carbocycles. The van der Waals surface area contributed by atoms with Gasteiger partial charge in [0.25, 0.3) is 11.8 Å². The van der Waals surface area contributed by atoms with Crippen molar-refractivity contribution in [2.24, 2.45) is 0 Å². The molecule has 0 aliphatic carbocycles. The maximum atomic E-state index is 12.6. The summed E-state index contributed by atoms with van der Waals surface area (Å²) in [5.74, 6) is 0.125. The molecule has 6 heteroatoms. The molecule has 0 saturated heterocycles. The van der Waals surface area contributed by atoms with Crippen LogP contribution in [-0.4, -0.2) is 31.0 Å². The van der Waals surface area contributed by atoms with Gasteiger partial charge in [-0.25, -0.2) is 0 Å². The average Bonchev–Trinajstić information content (AvgIpc) is 2.64. The molecule has 136 valence electrons. The molecule has 1 heterocycles. The lowest BCUT2D eigenvalue weighted by atomic mass is 10.2. The van der Waals surface area contributed by atoms with Crippen LogP contribution in [0.4, 0.5) is 11.4 Å². The predicted octanol–water partition coefficient (Wildman–Crippen LogP) is 2.67. The Morgan fingerprint density at radius 1 is 1.19 bits per heavy atom. The Hall–Kier alpha value is -3.02. The molecule has 3 rings (SSSR count). The number of hydrazine groups is 1. The lowest BCUT2D eigenvalue weighted by Gasteiger charge is -2.33. The fourth-order valence-electron chi connectivity index (χ4n) is 2.90. The zero-order valence-electron chi connectivity index (χ0n) is 15.2. The predicted molar refractivity (Wildman–Crippen MR) is 101 cm³/mol. The Kier molecular flexibility index (Phi) is 5.11. The Balaban J connectivity index is 1.74. The second-order valence-electron chi connectivity index (χ2n) is 6.27. The highest BCUT2D eigenvalue weighted by Gasteiger charge is 2.32. The molecule has 26 heavy (non-hydrogen) atoms. The standard InChI is InChI=1S/C20H23N3O3/c1-4-23(16-11-9-14(2)10-12-16)21-19(24)13-22-17-7-5-6-8-18(17)26-15(3)20(22)25/h5-12,15H,4,13H2,1-3H3,(H,21,24). The maximum Gasteiger partial charge on any atom is 0.268 e. The minimum atomic E-state index is -0.614. The van der Waals surface area contributed by atoms with Gasteiger partial charge in [-0.2, -0.15) is 0 Å². The number of hydrogen-bond donors (Lipinski definition) is 1. The summed E-state index contributed by atoms with van der Waals surface area (Å²) >= 11 is 0. The second-order valence-corrected chi connectivity index (χ2v) is 6.27. The molecule has 0 spiro atoms. The van der Waals surface area contributed by atoms with Gasteiger partial charge in [-0.1, -0.05) is 29.8 Å². The molecule has 0 aromatic heterocycles. The number of ether oxygens (including phenoxy) is 1. The second kappa shape index (κ2) is 7.47. The molecule has 0 fully saturated rings. The van der Waals surface area contributed by atoms with Gasteiger partial charge in [0.1, 0.15) is 12.3 Å². The quantitative estimate of drug-likeness (QED) is 0.840. The summed E-state index contributed by atoms with van der Waals surface area (Å²) in [6, 6.07) is 15.1. The fraction of sp³-hybridized carbons (Fsp3) is 0.300. The number of nitrogens with zero attached hydrogens (tertiary/aromatic N) is 2. The van der Waals surface area contributed by atoms with E-state index in [1.165, 1.54) is 4.90 Å². The van der Waals surface area contributed by atoms with Gasteiger partial charge in [-0.05, 0) is 45.0 Å². The third-order valence-electron chi connectivity index (χ3n) is 4.30. The van der Waals surface area contributed by atoms with Crippen LogP contribution in [0.15, 0.2) is 48.5 Å². The van der Waals surface area contributed by atoms with E-state index in [9.17, 15) is 9.59 Å². The van der Waals surface area contributed by atoms with Gasteiger partial charge in [0, 0.05) is 6.54 Å². The van der Waals surface area contributed by atoms with E-state index in [2.05, 4.69) is 5.43 Å². The highest BCUT2D eigenvalue weighted by molar-refractivity contribution is 6.03. The molecule has 1 N–H and O–H groups in total. The number of amides is 2. The van der Waals surface area contributed by atoms with Gasteiger partial charge in [0.2, 0.25) is 0 Å². The van der Waals surface area contributed by atoms with Crippen molar-refractivity contribution in [2.75, 3.05) is 23.0 Å². The summed E-state index contributed by atoms with van der Waals surface area (Å²) in [5, 5.41) is 1.77. The first-order valence-corrected chi connectivity index (χ1v) is 8.70. The van der Waals surface area contributed by atoms with E-state index in [-0.39, 0.29) is 18.4 Å². The lowest BCUT2D eigenvalue weighted by molar-refractivity contribution is -0.128. The van der Waals surface area contributed by atoms with E-state index in [1.54, 1.807) is 24.1 Å². The molecule has 2 aromatic rings. The van der Waals surface area contributed by atoms with Crippen LogP contribution < -0.4 is 20.1 Å². The third kappa shape index (κ3) is 3.64. The summed E-state index contributed by atoms with van der Waals surface area (Å²) in [5.41, 5.74) is 5.54. The number of carbonyl (C=O) groups is 2. The third-order valence-corrected chi connectivity index (χ3v) is 4.30. The Morgan fingerprint density at radius 3 is 2.58 bits per heavy atom. The monoisotopic (exact) mass is 353 g/mol. The first kappa shape index (κ1) is 17.8. The summed E-state index contributed by atoms with van der Waals surface area (Å²) in [6.45, 7) is 6.21. The smallest absolute Gasteiger partial charge is 0.268 e. The number of hydrogen-bond acceptors (Lipinski definition) is 4. The zero-order chi connectivity index (χ0) is 18.7. The highest BCUT2D eigenvalue weighted by atomic mass is 16.5. The molecule has 1 aliphatic heterocycles. The normalized spacial score (nSPS) is 15.9. The van der Waals surface area contributed by atoms with E-state index in [4.69, 9.17) is 4.74 Å². The molecule has 2 amide bonds. The van der Waals surface area contributed by atoms with Crippen molar-refractivity contribution in [3.8, 4) is 5.75 Å². The molecular formula is C20H23N3O3. The molecular weight excluding hydrogens is 330 g/mol. The van der Waals surface area contributed by atoms with Crippen LogP contribution in [0.3, 0.4) is 0 Å². The number of benzene rings is 2. The van der Waals surface area contributed by atoms with Crippen molar-refractivity contribution in [3.63, 3.8) is 0 Å². The van der Waals surface area contributed by atoms with Gasteiger partial charge < -0.3 is 4.74 Å². The number of fused-ring (bicyclic) bond motifs is 1. The van der Waals surface area contributed by atoms with Gasteiger partial charge >= 0.3 is 0 Å². The van der Waals surface area contributed by atoms with Crippen molar-refractivity contribution in [2.45, 2.75) is 26.9 Å². The van der Waals surface area contributed by atoms with Crippen molar-refractivity contribution in [1.82, 2.24) is 5.43 Å². The van der Waals surface area contributed by atoms with E-state index in [1.807, 2.05) is 50.2 Å². The van der Waals surface area contributed by atoms with Crippen LogP contribution in [0.2, 0.25) is 0 Å². The zero-order valence-corrected chi connectivity index (χ0v) is 15.2. The summed E-state index contributed by atoms with van der Waals surface area (Å²) in [7, 11) is 0. The fourth-order valence-corrected chi connectivity index (χ4v) is 2.90. The Labute approximate surface area is 153 Å². The Morgan fingerprint density at radius 2 is 1.88 bits per heavy atom. The van der Waals surface area contributed by atoms with Crippen LogP contribution in [0.5, 0.6) is 5.75 Å². The van der Waals surface area contributed by atoms with E-state index in [0.717, 1.165) is 11.3 Å². The maximum absolute atomic E-state index is 12.6. The first-order valence-electron chi connectivity index (χ1n) is 8.70. The molecule has 2 aromatic carbocycles. The number of aryl methyl sites for hydroxylation is 1. The number of anilines is 2. The topological polar surface area (TPSA) is 61.9 Å². The van der Waals surface area contributed by atoms with Crippen LogP contribution in [-0.2, 0) is 9.59 Å². The van der Waals surface area contributed by atoms with Crippen molar-refractivity contribution in [1.29, 1.82) is 0 Å². The van der Waals surface area contributed by atoms with Gasteiger partial charge in [-0.3, -0.25) is 24.9 Å². The number of rotatable bonds is 5. The molecule has 0 bridgehead atoms. The van der Waals surface area contributed by atoms with Crippen molar-refractivity contribution in [3.05, 3.63) is 54.1 Å². The number of nitrogens with one attached hydrogen (secondary N) is 1. The van der Waals surface area contributed by atoms with E-state index >= 15 is 0 Å². The van der Waals surface area contributed by atoms with E-state index in [0.29, 0.717) is 18.0 Å². The first-order chi connectivity index (χ1) is 12.5. The Bertz CT molecular complexity index is 804. The van der Waals surface area contributed by atoms with E-state index < -0.39 is 6.10 Å². The summed E-state index contributed by atoms with van der Waals surface area (Å²) < 4.78 is 5.61. The summed E-state index contributed by atoms with van der Waals surface area (Å²) in [4.78, 5) is 26.6. The number of carbonyl (C=O) groups excluding carboxylic acids is 2. The van der Waals surface area contributed by atoms with Crippen LogP contribution in [0.1, 0.15) is 19.4 Å². The van der Waals surface area contributed by atoms with Gasteiger partial charge in [-0.15, -0.1) is 0 Å². The largest absolute Gasteiger partial charge is 0.479 e. The van der Waals surface area contributed by atoms with Crippen LogP contribution in [0, 0.1) is 6.92 Å². The van der Waals surface area contributed by atoms with Crippen LogP contribution >= 0.6 is 0 Å². The number of para-hydroxylation sites is 2.